The van der Waals surface area contributed by atoms with Crippen molar-refractivity contribution in [2.45, 2.75) is 18.9 Å². The van der Waals surface area contributed by atoms with Gasteiger partial charge in [-0.15, -0.1) is 0 Å². The predicted octanol–water partition coefficient (Wildman–Crippen LogP) is 1.21. The molecular formula is C21H22N8O2. The van der Waals surface area contributed by atoms with Gasteiger partial charge in [-0.25, -0.2) is 19.7 Å². The van der Waals surface area contributed by atoms with Gasteiger partial charge in [-0.1, -0.05) is 12.1 Å². The van der Waals surface area contributed by atoms with Crippen LogP contribution in [-0.4, -0.2) is 54.6 Å². The number of anilines is 1. The van der Waals surface area contributed by atoms with Crippen LogP contribution in [0.5, 0.6) is 0 Å². The molecule has 1 aliphatic carbocycles. The number of aromatic amines is 1. The van der Waals surface area contributed by atoms with Crippen LogP contribution in [-0.2, 0) is 7.05 Å². The molecule has 4 heterocycles. The Morgan fingerprint density at radius 2 is 2.03 bits per heavy atom. The van der Waals surface area contributed by atoms with Gasteiger partial charge in [-0.3, -0.25) is 9.36 Å². The van der Waals surface area contributed by atoms with E-state index in [2.05, 4.69) is 30.2 Å². The lowest BCUT2D eigenvalue weighted by molar-refractivity contribution is 0.0939. The number of amides is 1. The molecule has 6 rings (SSSR count). The number of rotatable bonds is 5. The molecule has 1 aromatic carbocycles. The molecule has 158 valence electrons. The van der Waals surface area contributed by atoms with Crippen molar-refractivity contribution >= 4 is 33.9 Å². The molecule has 1 saturated heterocycles. The third-order valence-electron chi connectivity index (χ3n) is 6.24. The number of hydrogen-bond acceptors (Lipinski definition) is 6. The van der Waals surface area contributed by atoms with E-state index in [0.717, 1.165) is 11.0 Å². The Morgan fingerprint density at radius 3 is 2.84 bits per heavy atom. The number of imidazole rings is 2. The van der Waals surface area contributed by atoms with Crippen molar-refractivity contribution < 1.29 is 4.79 Å². The first-order chi connectivity index (χ1) is 15.1. The quantitative estimate of drug-likeness (QED) is 0.504. The van der Waals surface area contributed by atoms with Crippen LogP contribution in [0, 0.1) is 5.92 Å². The van der Waals surface area contributed by atoms with E-state index in [1.165, 1.54) is 19.2 Å². The number of para-hydroxylation sites is 2. The first-order valence-electron chi connectivity index (χ1n) is 10.5. The highest BCUT2D eigenvalue weighted by Gasteiger charge is 2.34. The van der Waals surface area contributed by atoms with Gasteiger partial charge in [0.2, 0.25) is 5.82 Å². The second kappa shape index (κ2) is 6.66. The lowest BCUT2D eigenvalue weighted by atomic mass is 10.1. The number of hydrogen-bond donors (Lipinski definition) is 2. The van der Waals surface area contributed by atoms with Gasteiger partial charge < -0.3 is 19.8 Å². The standard InChI is InChI=1S/C21H22N8O2/c1-27-17-16(26-19(27)20(30)22-8-12-6-7-12)18(24-11-23-17)28-9-13(10-28)29-15-5-3-2-4-14(15)25-21(29)31/h2-5,11-13H,6-10H2,1H3,(H,22,30)(H,25,31). The average Bonchev–Trinajstić information content (AvgIpc) is 3.43. The molecule has 3 aromatic heterocycles. The largest absolute Gasteiger partial charge is 0.350 e. The van der Waals surface area contributed by atoms with E-state index in [1.54, 1.807) is 16.2 Å². The number of benzene rings is 1. The van der Waals surface area contributed by atoms with Crippen LogP contribution in [0.15, 0.2) is 35.4 Å². The summed E-state index contributed by atoms with van der Waals surface area (Å²) in [6, 6.07) is 7.73. The normalized spacial score (nSPS) is 16.7. The summed E-state index contributed by atoms with van der Waals surface area (Å²) in [5, 5.41) is 2.96. The third kappa shape index (κ3) is 2.89. The number of carbonyl (C=O) groups excluding carboxylic acids is 1. The third-order valence-corrected chi connectivity index (χ3v) is 6.24. The topological polar surface area (TPSA) is 114 Å². The monoisotopic (exact) mass is 418 g/mol. The Hall–Kier alpha value is -3.69. The molecule has 0 unspecified atom stereocenters. The van der Waals surface area contributed by atoms with Crippen molar-refractivity contribution in [1.29, 1.82) is 0 Å². The molecule has 0 spiro atoms. The first kappa shape index (κ1) is 18.1. The van der Waals surface area contributed by atoms with Crippen molar-refractivity contribution in [3.8, 4) is 0 Å². The second-order valence-electron chi connectivity index (χ2n) is 8.39. The average molecular weight is 418 g/mol. The summed E-state index contributed by atoms with van der Waals surface area (Å²) < 4.78 is 3.52. The molecule has 2 fully saturated rings. The van der Waals surface area contributed by atoms with E-state index in [1.807, 2.05) is 24.3 Å². The van der Waals surface area contributed by atoms with Gasteiger partial charge in [0.05, 0.1) is 17.1 Å². The van der Waals surface area contributed by atoms with Gasteiger partial charge in [0.15, 0.2) is 17.0 Å². The van der Waals surface area contributed by atoms with Crippen LogP contribution in [0.3, 0.4) is 0 Å². The zero-order chi connectivity index (χ0) is 21.1. The maximum Gasteiger partial charge on any atom is 0.326 e. The molecule has 0 atom stereocenters. The fourth-order valence-corrected chi connectivity index (χ4v) is 4.29. The van der Waals surface area contributed by atoms with Crippen molar-refractivity contribution in [1.82, 2.24) is 34.4 Å². The number of carbonyl (C=O) groups is 1. The van der Waals surface area contributed by atoms with E-state index in [4.69, 9.17) is 0 Å². The van der Waals surface area contributed by atoms with Crippen LogP contribution < -0.4 is 15.9 Å². The predicted molar refractivity (Wildman–Crippen MR) is 115 cm³/mol. The molecule has 1 saturated carbocycles. The van der Waals surface area contributed by atoms with Crippen molar-refractivity contribution in [3.63, 3.8) is 0 Å². The summed E-state index contributed by atoms with van der Waals surface area (Å²) in [5.74, 6) is 1.43. The number of H-pyrrole nitrogens is 1. The highest BCUT2D eigenvalue weighted by atomic mass is 16.2. The van der Waals surface area contributed by atoms with Gasteiger partial charge >= 0.3 is 5.69 Å². The maximum atomic E-state index is 12.6. The van der Waals surface area contributed by atoms with Crippen LogP contribution in [0.2, 0.25) is 0 Å². The molecule has 0 radical (unpaired) electrons. The van der Waals surface area contributed by atoms with Crippen molar-refractivity contribution in [2.24, 2.45) is 13.0 Å². The van der Waals surface area contributed by atoms with Gasteiger partial charge in [0.1, 0.15) is 6.33 Å². The fourth-order valence-electron chi connectivity index (χ4n) is 4.29. The minimum absolute atomic E-state index is 0.0405. The van der Waals surface area contributed by atoms with E-state index >= 15 is 0 Å². The highest BCUT2D eigenvalue weighted by Crippen LogP contribution is 2.32. The first-order valence-corrected chi connectivity index (χ1v) is 10.5. The Balaban J connectivity index is 1.28. The van der Waals surface area contributed by atoms with E-state index in [-0.39, 0.29) is 17.6 Å². The number of nitrogens with one attached hydrogen (secondary N) is 2. The summed E-state index contributed by atoms with van der Waals surface area (Å²) in [5.41, 5.74) is 2.85. The minimum atomic E-state index is -0.190. The van der Waals surface area contributed by atoms with Gasteiger partial charge in [-0.2, -0.15) is 0 Å². The summed E-state index contributed by atoms with van der Waals surface area (Å²) in [7, 11) is 1.79. The molecule has 1 amide bonds. The highest BCUT2D eigenvalue weighted by molar-refractivity contribution is 5.96. The zero-order valence-corrected chi connectivity index (χ0v) is 17.1. The molecular weight excluding hydrogens is 396 g/mol. The summed E-state index contributed by atoms with van der Waals surface area (Å²) in [4.78, 5) is 43.4. The van der Waals surface area contributed by atoms with Crippen LogP contribution in [0.25, 0.3) is 22.2 Å². The molecule has 0 bridgehead atoms. The van der Waals surface area contributed by atoms with Gasteiger partial charge in [-0.05, 0) is 30.9 Å². The lowest BCUT2D eigenvalue weighted by Gasteiger charge is -2.40. The molecule has 1 aliphatic heterocycles. The molecule has 2 N–H and O–H groups in total. The number of aryl methyl sites for hydroxylation is 1. The SMILES string of the molecule is Cn1c(C(=O)NCC2CC2)nc2c(N3CC(n4c(=O)[nH]c5ccccc54)C3)ncnc21. The van der Waals surface area contributed by atoms with E-state index in [0.29, 0.717) is 48.4 Å². The van der Waals surface area contributed by atoms with Gasteiger partial charge in [0, 0.05) is 26.7 Å². The molecule has 2 aliphatic rings. The van der Waals surface area contributed by atoms with E-state index in [9.17, 15) is 9.59 Å². The van der Waals surface area contributed by atoms with Crippen LogP contribution in [0.4, 0.5) is 5.82 Å². The Labute approximate surface area is 176 Å². The Morgan fingerprint density at radius 1 is 1.23 bits per heavy atom. The fraction of sp³-hybridized carbons (Fsp3) is 0.381. The summed E-state index contributed by atoms with van der Waals surface area (Å²) in [6.07, 6.45) is 3.85. The van der Waals surface area contributed by atoms with Gasteiger partial charge in [0.25, 0.3) is 5.91 Å². The molecule has 10 heteroatoms. The molecule has 4 aromatic rings. The number of nitrogens with zero attached hydrogens (tertiary/aromatic N) is 6. The zero-order valence-electron chi connectivity index (χ0n) is 17.1. The summed E-state index contributed by atoms with van der Waals surface area (Å²) >= 11 is 0. The van der Waals surface area contributed by atoms with Crippen LogP contribution >= 0.6 is 0 Å². The Bertz CT molecular complexity index is 1370. The molecule has 10 nitrogen and oxygen atoms in total. The minimum Gasteiger partial charge on any atom is -0.350 e. The van der Waals surface area contributed by atoms with E-state index < -0.39 is 0 Å². The lowest BCUT2D eigenvalue weighted by Crippen LogP contribution is -2.50. The number of fused-ring (bicyclic) bond motifs is 2. The molecule has 31 heavy (non-hydrogen) atoms. The smallest absolute Gasteiger partial charge is 0.326 e. The van der Waals surface area contributed by atoms with Crippen LogP contribution in [0.1, 0.15) is 29.5 Å². The maximum absolute atomic E-state index is 12.6. The second-order valence-corrected chi connectivity index (χ2v) is 8.39. The van der Waals surface area contributed by atoms with Crippen molar-refractivity contribution in [3.05, 3.63) is 46.9 Å². The number of aromatic nitrogens is 6. The van der Waals surface area contributed by atoms with Crippen molar-refractivity contribution in [2.75, 3.05) is 24.5 Å². The summed E-state index contributed by atoms with van der Waals surface area (Å²) in [6.45, 7) is 1.95. The Kier molecular flexibility index (Phi) is 3.89.